The van der Waals surface area contributed by atoms with Crippen molar-refractivity contribution in [3.8, 4) is 5.75 Å². The van der Waals surface area contributed by atoms with E-state index in [-0.39, 0.29) is 17.2 Å². The molecule has 0 unspecified atom stereocenters. The molecule has 1 N–H and O–H groups in total. The lowest BCUT2D eigenvalue weighted by Gasteiger charge is -2.20. The topological polar surface area (TPSA) is 43.8 Å². The summed E-state index contributed by atoms with van der Waals surface area (Å²) >= 11 is 0. The van der Waals surface area contributed by atoms with E-state index in [4.69, 9.17) is 5.11 Å². The Balaban J connectivity index is 2.15. The largest absolute Gasteiger partial charge is 0.508 e. The summed E-state index contributed by atoms with van der Waals surface area (Å²) in [6, 6.07) is 3.64. The van der Waals surface area contributed by atoms with Crippen molar-refractivity contribution in [1.29, 1.82) is 0 Å². The highest BCUT2D eigenvalue weighted by Gasteiger charge is 2.21. The van der Waals surface area contributed by atoms with Gasteiger partial charge in [-0.1, -0.05) is 0 Å². The number of hydrogen-bond donors (Lipinski definition) is 1. The van der Waals surface area contributed by atoms with E-state index >= 15 is 0 Å². The summed E-state index contributed by atoms with van der Waals surface area (Å²) in [7, 11) is 2.01. The van der Waals surface area contributed by atoms with Crippen LogP contribution in [0.15, 0.2) is 18.2 Å². The second-order valence-corrected chi connectivity index (χ2v) is 4.61. The van der Waals surface area contributed by atoms with E-state index in [1.807, 2.05) is 7.05 Å². The number of hydrogen-bond acceptors (Lipinski definition) is 3. The SMILES string of the molecule is CN1CCCN(C(=O)c2ccc(O)cc2F)CC1. The van der Waals surface area contributed by atoms with Crippen LogP contribution >= 0.6 is 0 Å². The molecule has 1 fully saturated rings. The van der Waals surface area contributed by atoms with Crippen LogP contribution in [-0.2, 0) is 0 Å². The van der Waals surface area contributed by atoms with Crippen molar-refractivity contribution in [2.24, 2.45) is 0 Å². The summed E-state index contributed by atoms with van der Waals surface area (Å²) in [4.78, 5) is 16.0. The average Bonchev–Trinajstić information content (AvgIpc) is 2.53. The average molecular weight is 252 g/mol. The summed E-state index contributed by atoms with van der Waals surface area (Å²) < 4.78 is 13.6. The third kappa shape index (κ3) is 2.79. The van der Waals surface area contributed by atoms with Crippen LogP contribution in [0.4, 0.5) is 4.39 Å². The minimum atomic E-state index is -0.669. The van der Waals surface area contributed by atoms with E-state index in [1.54, 1.807) is 4.90 Å². The number of amides is 1. The fourth-order valence-corrected chi connectivity index (χ4v) is 2.10. The van der Waals surface area contributed by atoms with E-state index in [0.717, 1.165) is 25.6 Å². The standard InChI is InChI=1S/C13H17FN2O2/c1-15-5-2-6-16(8-7-15)13(18)11-4-3-10(17)9-12(11)14/h3-4,9,17H,2,5-8H2,1H3. The van der Waals surface area contributed by atoms with Crippen LogP contribution in [0.1, 0.15) is 16.8 Å². The lowest BCUT2D eigenvalue weighted by molar-refractivity contribution is 0.0758. The first-order valence-corrected chi connectivity index (χ1v) is 6.04. The van der Waals surface area contributed by atoms with E-state index in [2.05, 4.69) is 4.90 Å². The van der Waals surface area contributed by atoms with Gasteiger partial charge in [0.1, 0.15) is 11.6 Å². The number of likely N-dealkylation sites (N-methyl/N-ethyl adjacent to an activating group) is 1. The Hall–Kier alpha value is -1.62. The minimum absolute atomic E-state index is 0.0253. The molecule has 1 saturated heterocycles. The molecule has 1 aromatic rings. The Morgan fingerprint density at radius 2 is 2.06 bits per heavy atom. The number of nitrogens with zero attached hydrogens (tertiary/aromatic N) is 2. The van der Waals surface area contributed by atoms with Gasteiger partial charge in [-0.2, -0.15) is 0 Å². The molecule has 0 atom stereocenters. The smallest absolute Gasteiger partial charge is 0.256 e. The fraction of sp³-hybridized carbons (Fsp3) is 0.462. The molecule has 5 heteroatoms. The fourth-order valence-electron chi connectivity index (χ4n) is 2.10. The van der Waals surface area contributed by atoms with Crippen molar-refractivity contribution in [3.63, 3.8) is 0 Å². The molecule has 1 aliphatic rings. The molecular formula is C13H17FN2O2. The Labute approximate surface area is 106 Å². The van der Waals surface area contributed by atoms with Crippen LogP contribution in [0.5, 0.6) is 5.75 Å². The molecular weight excluding hydrogens is 235 g/mol. The normalized spacial score (nSPS) is 17.6. The molecule has 0 spiro atoms. The molecule has 2 rings (SSSR count). The third-order valence-electron chi connectivity index (χ3n) is 3.19. The van der Waals surface area contributed by atoms with Crippen LogP contribution in [0.25, 0.3) is 0 Å². The van der Waals surface area contributed by atoms with E-state index in [1.165, 1.54) is 12.1 Å². The van der Waals surface area contributed by atoms with Gasteiger partial charge in [-0.05, 0) is 32.1 Å². The lowest BCUT2D eigenvalue weighted by atomic mass is 10.1. The van der Waals surface area contributed by atoms with Gasteiger partial charge in [0, 0.05) is 25.7 Å². The zero-order chi connectivity index (χ0) is 13.1. The highest BCUT2D eigenvalue weighted by molar-refractivity contribution is 5.94. The van der Waals surface area contributed by atoms with Gasteiger partial charge in [0.25, 0.3) is 5.91 Å². The third-order valence-corrected chi connectivity index (χ3v) is 3.19. The van der Waals surface area contributed by atoms with Gasteiger partial charge in [-0.15, -0.1) is 0 Å². The van der Waals surface area contributed by atoms with Crippen molar-refractivity contribution in [2.75, 3.05) is 33.2 Å². The maximum Gasteiger partial charge on any atom is 0.256 e. The first-order chi connectivity index (χ1) is 8.58. The number of benzene rings is 1. The molecule has 0 bridgehead atoms. The molecule has 0 aliphatic carbocycles. The number of phenolic OH excluding ortho intramolecular Hbond substituents is 1. The molecule has 18 heavy (non-hydrogen) atoms. The van der Waals surface area contributed by atoms with Gasteiger partial charge >= 0.3 is 0 Å². The summed E-state index contributed by atoms with van der Waals surface area (Å²) in [6.45, 7) is 2.99. The molecule has 0 aromatic heterocycles. The van der Waals surface area contributed by atoms with Crippen LogP contribution in [-0.4, -0.2) is 54.0 Å². The van der Waals surface area contributed by atoms with Crippen LogP contribution in [0, 0.1) is 5.82 Å². The number of aromatic hydroxyl groups is 1. The molecule has 98 valence electrons. The zero-order valence-corrected chi connectivity index (χ0v) is 10.4. The van der Waals surface area contributed by atoms with Gasteiger partial charge < -0.3 is 14.9 Å². The van der Waals surface area contributed by atoms with Crippen LogP contribution in [0.3, 0.4) is 0 Å². The summed E-state index contributed by atoms with van der Waals surface area (Å²) in [5.41, 5.74) is 0.0253. The Kier molecular flexibility index (Phi) is 3.81. The van der Waals surface area contributed by atoms with Crippen molar-refractivity contribution < 1.29 is 14.3 Å². The Morgan fingerprint density at radius 1 is 1.28 bits per heavy atom. The van der Waals surface area contributed by atoms with Crippen LogP contribution in [0.2, 0.25) is 0 Å². The number of rotatable bonds is 1. The van der Waals surface area contributed by atoms with Gasteiger partial charge in [0.2, 0.25) is 0 Å². The van der Waals surface area contributed by atoms with Crippen LogP contribution < -0.4 is 0 Å². The maximum absolute atomic E-state index is 13.6. The highest BCUT2D eigenvalue weighted by Crippen LogP contribution is 2.17. The van der Waals surface area contributed by atoms with Crippen molar-refractivity contribution in [1.82, 2.24) is 9.80 Å². The second kappa shape index (κ2) is 5.35. The van der Waals surface area contributed by atoms with Crippen molar-refractivity contribution in [2.45, 2.75) is 6.42 Å². The molecule has 1 aromatic carbocycles. The molecule has 1 amide bonds. The van der Waals surface area contributed by atoms with Crippen molar-refractivity contribution >= 4 is 5.91 Å². The Bertz CT molecular complexity index is 451. The summed E-state index contributed by atoms with van der Waals surface area (Å²) in [6.07, 6.45) is 0.891. The predicted octanol–water partition coefficient (Wildman–Crippen LogP) is 1.31. The van der Waals surface area contributed by atoms with E-state index in [0.29, 0.717) is 13.1 Å². The maximum atomic E-state index is 13.6. The molecule has 0 saturated carbocycles. The first kappa shape index (κ1) is 12.8. The highest BCUT2D eigenvalue weighted by atomic mass is 19.1. The predicted molar refractivity (Wildman–Crippen MR) is 66.1 cm³/mol. The Morgan fingerprint density at radius 3 is 2.78 bits per heavy atom. The molecule has 1 aliphatic heterocycles. The van der Waals surface area contributed by atoms with Gasteiger partial charge in [-0.25, -0.2) is 4.39 Å². The molecule has 1 heterocycles. The first-order valence-electron chi connectivity index (χ1n) is 6.04. The van der Waals surface area contributed by atoms with Gasteiger partial charge in [-0.3, -0.25) is 4.79 Å². The van der Waals surface area contributed by atoms with Gasteiger partial charge in [0.05, 0.1) is 5.56 Å². The molecule has 0 radical (unpaired) electrons. The minimum Gasteiger partial charge on any atom is -0.508 e. The number of halogens is 1. The summed E-state index contributed by atoms with van der Waals surface area (Å²) in [5, 5.41) is 9.14. The second-order valence-electron chi connectivity index (χ2n) is 4.61. The van der Waals surface area contributed by atoms with E-state index in [9.17, 15) is 9.18 Å². The quantitative estimate of drug-likeness (QED) is 0.819. The van der Waals surface area contributed by atoms with E-state index < -0.39 is 5.82 Å². The van der Waals surface area contributed by atoms with Gasteiger partial charge in [0.15, 0.2) is 0 Å². The number of carbonyl (C=O) groups is 1. The molecule has 4 nitrogen and oxygen atoms in total. The number of phenols is 1. The lowest BCUT2D eigenvalue weighted by Crippen LogP contribution is -2.34. The monoisotopic (exact) mass is 252 g/mol. The van der Waals surface area contributed by atoms with Crippen molar-refractivity contribution in [3.05, 3.63) is 29.6 Å². The zero-order valence-electron chi connectivity index (χ0n) is 10.4. The number of carbonyl (C=O) groups excluding carboxylic acids is 1. The summed E-state index contributed by atoms with van der Waals surface area (Å²) in [5.74, 6) is -1.14.